The van der Waals surface area contributed by atoms with Crippen molar-refractivity contribution in [3.63, 3.8) is 0 Å². The number of carboxylic acid groups (broad SMARTS) is 1. The molecule has 6 nitrogen and oxygen atoms in total. The van der Waals surface area contributed by atoms with Gasteiger partial charge in [-0.3, -0.25) is 0 Å². The summed E-state index contributed by atoms with van der Waals surface area (Å²) in [7, 11) is 0. The molecule has 1 fully saturated rings. The maximum Gasteiger partial charge on any atom is 0.378 e. The molecule has 0 spiro atoms. The zero-order valence-electron chi connectivity index (χ0n) is 16.7. The van der Waals surface area contributed by atoms with Gasteiger partial charge in [0.05, 0.1) is 11.1 Å². The van der Waals surface area contributed by atoms with E-state index in [-0.39, 0.29) is 11.1 Å². The molecule has 0 aromatic heterocycles. The minimum absolute atomic E-state index is 0.0562. The van der Waals surface area contributed by atoms with Gasteiger partial charge in [0.15, 0.2) is 6.10 Å². The number of esters is 2. The highest BCUT2D eigenvalue weighted by molar-refractivity contribution is 5.93. The van der Waals surface area contributed by atoms with Crippen molar-refractivity contribution in [3.8, 4) is 0 Å². The van der Waals surface area contributed by atoms with Gasteiger partial charge in [-0.1, -0.05) is 19.3 Å². The van der Waals surface area contributed by atoms with E-state index in [1.165, 1.54) is 24.3 Å². The van der Waals surface area contributed by atoms with Crippen LogP contribution >= 0.6 is 0 Å². The van der Waals surface area contributed by atoms with Gasteiger partial charge in [-0.2, -0.15) is 8.78 Å². The number of aliphatic carboxylic acids is 1. The van der Waals surface area contributed by atoms with Crippen LogP contribution in [0.15, 0.2) is 24.3 Å². The van der Waals surface area contributed by atoms with Crippen molar-refractivity contribution in [2.24, 2.45) is 5.92 Å². The van der Waals surface area contributed by atoms with Crippen LogP contribution in [0.4, 0.5) is 8.78 Å². The van der Waals surface area contributed by atoms with Gasteiger partial charge >= 0.3 is 23.8 Å². The number of benzene rings is 1. The van der Waals surface area contributed by atoms with Crippen LogP contribution in [-0.4, -0.2) is 40.6 Å². The van der Waals surface area contributed by atoms with Crippen LogP contribution in [0.2, 0.25) is 0 Å². The standard InChI is InChI=1S/C21H26F2O6/c1-20(2,3)29-18(25)15-11-9-14(10-12-15)17(24)28-16(21(22,23)19(26)27)13-7-5-4-6-8-13/h9-13,16H,4-8H2,1-3H3,(H,26,27). The molecule has 8 heteroatoms. The van der Waals surface area contributed by atoms with E-state index < -0.39 is 41.5 Å². The first-order valence-electron chi connectivity index (χ1n) is 9.57. The van der Waals surface area contributed by atoms with Crippen LogP contribution < -0.4 is 0 Å². The molecule has 1 aromatic carbocycles. The largest absolute Gasteiger partial charge is 0.477 e. The van der Waals surface area contributed by atoms with Gasteiger partial charge in [0, 0.05) is 5.92 Å². The highest BCUT2D eigenvalue weighted by atomic mass is 19.3. The monoisotopic (exact) mass is 412 g/mol. The molecule has 1 aromatic rings. The Bertz CT molecular complexity index is 745. The smallest absolute Gasteiger partial charge is 0.378 e. The van der Waals surface area contributed by atoms with E-state index in [4.69, 9.17) is 14.6 Å². The lowest BCUT2D eigenvalue weighted by atomic mass is 9.83. The lowest BCUT2D eigenvalue weighted by Crippen LogP contribution is -2.48. The third kappa shape index (κ3) is 5.98. The van der Waals surface area contributed by atoms with Crippen molar-refractivity contribution in [2.75, 3.05) is 0 Å². The number of hydrogen-bond donors (Lipinski definition) is 1. The molecule has 1 unspecified atom stereocenters. The fourth-order valence-electron chi connectivity index (χ4n) is 3.29. The van der Waals surface area contributed by atoms with Gasteiger partial charge in [0.25, 0.3) is 0 Å². The summed E-state index contributed by atoms with van der Waals surface area (Å²) in [4.78, 5) is 35.5. The second kappa shape index (κ2) is 8.88. The third-order valence-corrected chi connectivity index (χ3v) is 4.71. The molecule has 0 radical (unpaired) electrons. The van der Waals surface area contributed by atoms with Crippen molar-refractivity contribution >= 4 is 17.9 Å². The molecule has 0 amide bonds. The number of halogens is 2. The van der Waals surface area contributed by atoms with Gasteiger partial charge < -0.3 is 14.6 Å². The maximum atomic E-state index is 14.3. The van der Waals surface area contributed by atoms with Crippen LogP contribution in [0.25, 0.3) is 0 Å². The molecular formula is C21H26F2O6. The number of alkyl halides is 2. The van der Waals surface area contributed by atoms with Gasteiger partial charge in [-0.05, 0) is 57.9 Å². The highest BCUT2D eigenvalue weighted by Crippen LogP contribution is 2.36. The van der Waals surface area contributed by atoms with Crippen molar-refractivity contribution in [2.45, 2.75) is 70.5 Å². The Morgan fingerprint density at radius 2 is 1.45 bits per heavy atom. The minimum atomic E-state index is -4.19. The Kier molecular flexibility index (Phi) is 6.97. The summed E-state index contributed by atoms with van der Waals surface area (Å²) in [5, 5.41) is 8.92. The number of hydrogen-bond acceptors (Lipinski definition) is 5. The van der Waals surface area contributed by atoms with Gasteiger partial charge in [0.2, 0.25) is 0 Å². The van der Waals surface area contributed by atoms with Crippen molar-refractivity contribution in [3.05, 3.63) is 35.4 Å². The molecule has 0 aliphatic heterocycles. The van der Waals surface area contributed by atoms with E-state index in [1.807, 2.05) is 0 Å². The van der Waals surface area contributed by atoms with Crippen LogP contribution in [0.3, 0.4) is 0 Å². The van der Waals surface area contributed by atoms with Gasteiger partial charge in [-0.15, -0.1) is 0 Å². The molecular weight excluding hydrogens is 386 g/mol. The molecule has 0 heterocycles. The molecule has 1 N–H and O–H groups in total. The predicted molar refractivity (Wildman–Crippen MR) is 100.0 cm³/mol. The van der Waals surface area contributed by atoms with E-state index in [9.17, 15) is 23.2 Å². The Morgan fingerprint density at radius 1 is 0.966 bits per heavy atom. The second-order valence-electron chi connectivity index (χ2n) is 8.23. The molecule has 1 aliphatic rings. The molecule has 0 bridgehead atoms. The summed E-state index contributed by atoms with van der Waals surface area (Å²) in [5.74, 6) is -8.87. The zero-order valence-corrected chi connectivity index (χ0v) is 16.7. The zero-order chi connectivity index (χ0) is 21.8. The van der Waals surface area contributed by atoms with Crippen LogP contribution in [0.1, 0.15) is 73.6 Å². The Morgan fingerprint density at radius 3 is 1.90 bits per heavy atom. The SMILES string of the molecule is CC(C)(C)OC(=O)c1ccc(C(=O)OC(C2CCCCC2)C(F)(F)C(=O)O)cc1. The van der Waals surface area contributed by atoms with Crippen molar-refractivity contribution in [1.29, 1.82) is 0 Å². The maximum absolute atomic E-state index is 14.3. The average Bonchev–Trinajstić information content (AvgIpc) is 2.65. The van der Waals surface area contributed by atoms with Gasteiger partial charge in [0.1, 0.15) is 5.60 Å². The number of rotatable bonds is 6. The minimum Gasteiger partial charge on any atom is -0.477 e. The third-order valence-electron chi connectivity index (χ3n) is 4.71. The molecule has 1 atom stereocenters. The quantitative estimate of drug-likeness (QED) is 0.694. The number of carbonyl (C=O) groups is 3. The summed E-state index contributed by atoms with van der Waals surface area (Å²) in [6, 6.07) is 5.18. The summed E-state index contributed by atoms with van der Waals surface area (Å²) in [5.41, 5.74) is -0.555. The van der Waals surface area contributed by atoms with E-state index in [0.29, 0.717) is 25.7 Å². The second-order valence-corrected chi connectivity index (χ2v) is 8.23. The van der Waals surface area contributed by atoms with Crippen molar-refractivity contribution < 1.29 is 37.7 Å². The number of ether oxygens (including phenoxy) is 2. The molecule has 1 aliphatic carbocycles. The lowest BCUT2D eigenvalue weighted by molar-refractivity contribution is -0.189. The fraction of sp³-hybridized carbons (Fsp3) is 0.571. The predicted octanol–water partition coefficient (Wildman–Crippen LogP) is 4.47. The Labute approximate surface area is 168 Å². The van der Waals surface area contributed by atoms with Crippen molar-refractivity contribution in [1.82, 2.24) is 0 Å². The first-order chi connectivity index (χ1) is 13.4. The number of carboxylic acids is 1. The lowest BCUT2D eigenvalue weighted by Gasteiger charge is -2.33. The first kappa shape index (κ1) is 22.8. The van der Waals surface area contributed by atoms with Crippen LogP contribution in [0.5, 0.6) is 0 Å². The molecule has 160 valence electrons. The number of carbonyl (C=O) groups excluding carboxylic acids is 2. The molecule has 2 rings (SSSR count). The van der Waals surface area contributed by atoms with Gasteiger partial charge in [-0.25, -0.2) is 14.4 Å². The summed E-state index contributed by atoms with van der Waals surface area (Å²) >= 11 is 0. The summed E-state index contributed by atoms with van der Waals surface area (Å²) in [6.07, 6.45) is 0.940. The topological polar surface area (TPSA) is 89.9 Å². The van der Waals surface area contributed by atoms with E-state index in [0.717, 1.165) is 6.42 Å². The Balaban J connectivity index is 2.16. The van der Waals surface area contributed by atoms with E-state index >= 15 is 0 Å². The summed E-state index contributed by atoms with van der Waals surface area (Å²) < 4.78 is 38.7. The first-order valence-corrected chi connectivity index (χ1v) is 9.57. The normalized spacial score (nSPS) is 16.7. The summed E-state index contributed by atoms with van der Waals surface area (Å²) in [6.45, 7) is 5.14. The highest BCUT2D eigenvalue weighted by Gasteiger charge is 2.53. The molecule has 29 heavy (non-hydrogen) atoms. The van der Waals surface area contributed by atoms with Crippen LogP contribution in [-0.2, 0) is 14.3 Å². The average molecular weight is 412 g/mol. The Hall–Kier alpha value is -2.51. The van der Waals surface area contributed by atoms with E-state index in [1.54, 1.807) is 20.8 Å². The van der Waals surface area contributed by atoms with E-state index in [2.05, 4.69) is 0 Å². The van der Waals surface area contributed by atoms with Crippen LogP contribution in [0, 0.1) is 5.92 Å². The molecule has 1 saturated carbocycles. The fourth-order valence-corrected chi connectivity index (χ4v) is 3.29. The molecule has 0 saturated heterocycles.